The standard InChI is InChI=1S/C16H24FN/c1-12-8-9-14(17)11-15(12)16(18-2)10-13-6-4-3-5-7-13/h8-9,11,13,16,18H,3-7,10H2,1-2H3. The van der Waals surface area contributed by atoms with E-state index >= 15 is 0 Å². The molecule has 1 unspecified atom stereocenters. The Kier molecular flexibility index (Phi) is 4.76. The molecule has 0 amide bonds. The summed E-state index contributed by atoms with van der Waals surface area (Å²) in [6.45, 7) is 2.07. The first-order chi connectivity index (χ1) is 8.70. The Bertz CT molecular complexity index is 383. The topological polar surface area (TPSA) is 12.0 Å². The minimum atomic E-state index is -0.125. The maximum Gasteiger partial charge on any atom is 0.123 e. The Morgan fingerprint density at radius 2 is 2.00 bits per heavy atom. The van der Waals surface area contributed by atoms with Gasteiger partial charge in [-0.15, -0.1) is 0 Å². The van der Waals surface area contributed by atoms with Gasteiger partial charge in [0.1, 0.15) is 5.82 Å². The minimum absolute atomic E-state index is 0.125. The molecule has 1 aliphatic carbocycles. The molecule has 0 bridgehead atoms. The second-order valence-corrected chi connectivity index (χ2v) is 5.58. The second kappa shape index (κ2) is 6.33. The van der Waals surface area contributed by atoms with E-state index in [1.54, 1.807) is 12.1 Å². The van der Waals surface area contributed by atoms with Crippen molar-refractivity contribution in [2.75, 3.05) is 7.05 Å². The van der Waals surface area contributed by atoms with Gasteiger partial charge in [-0.3, -0.25) is 0 Å². The lowest BCUT2D eigenvalue weighted by Crippen LogP contribution is -2.22. The predicted octanol–water partition coefficient (Wildman–Crippen LogP) is 4.37. The summed E-state index contributed by atoms with van der Waals surface area (Å²) in [5.74, 6) is 0.679. The van der Waals surface area contributed by atoms with E-state index in [-0.39, 0.29) is 5.82 Å². The number of hydrogen-bond donors (Lipinski definition) is 1. The lowest BCUT2D eigenvalue weighted by atomic mass is 9.82. The third-order valence-electron chi connectivity index (χ3n) is 4.26. The molecule has 1 saturated carbocycles. The molecule has 1 aromatic rings. The van der Waals surface area contributed by atoms with Gasteiger partial charge in [0.25, 0.3) is 0 Å². The first kappa shape index (κ1) is 13.5. The Labute approximate surface area is 110 Å². The van der Waals surface area contributed by atoms with E-state index < -0.39 is 0 Å². The first-order valence-electron chi connectivity index (χ1n) is 7.14. The van der Waals surface area contributed by atoms with E-state index in [4.69, 9.17) is 0 Å². The van der Waals surface area contributed by atoms with Crippen LogP contribution in [0.3, 0.4) is 0 Å². The van der Waals surface area contributed by atoms with E-state index in [0.29, 0.717) is 6.04 Å². The Hall–Kier alpha value is -0.890. The maximum atomic E-state index is 13.4. The van der Waals surface area contributed by atoms with Crippen molar-refractivity contribution in [3.63, 3.8) is 0 Å². The van der Waals surface area contributed by atoms with Gasteiger partial charge >= 0.3 is 0 Å². The average Bonchev–Trinajstić information content (AvgIpc) is 2.40. The summed E-state index contributed by atoms with van der Waals surface area (Å²) in [7, 11) is 1.98. The third-order valence-corrected chi connectivity index (χ3v) is 4.26. The highest BCUT2D eigenvalue weighted by atomic mass is 19.1. The zero-order valence-electron chi connectivity index (χ0n) is 11.5. The SMILES string of the molecule is CNC(CC1CCCCC1)c1cc(F)ccc1C. The molecular weight excluding hydrogens is 225 g/mol. The van der Waals surface area contributed by atoms with Crippen LogP contribution in [-0.4, -0.2) is 7.05 Å². The van der Waals surface area contributed by atoms with Crippen LogP contribution in [0.1, 0.15) is 55.7 Å². The molecule has 18 heavy (non-hydrogen) atoms. The van der Waals surface area contributed by atoms with Crippen molar-refractivity contribution < 1.29 is 4.39 Å². The van der Waals surface area contributed by atoms with Crippen molar-refractivity contribution in [2.24, 2.45) is 5.92 Å². The monoisotopic (exact) mass is 249 g/mol. The van der Waals surface area contributed by atoms with E-state index in [1.807, 2.05) is 13.1 Å². The van der Waals surface area contributed by atoms with Crippen LogP contribution < -0.4 is 5.32 Å². The number of benzene rings is 1. The average molecular weight is 249 g/mol. The molecule has 0 heterocycles. The molecule has 2 rings (SSSR count). The van der Waals surface area contributed by atoms with E-state index in [2.05, 4.69) is 12.2 Å². The molecule has 1 nitrogen and oxygen atoms in total. The quantitative estimate of drug-likeness (QED) is 0.835. The number of aryl methyl sites for hydroxylation is 1. The number of hydrogen-bond acceptors (Lipinski definition) is 1. The highest BCUT2D eigenvalue weighted by molar-refractivity contribution is 5.29. The minimum Gasteiger partial charge on any atom is -0.313 e. The van der Waals surface area contributed by atoms with Crippen LogP contribution in [0, 0.1) is 18.7 Å². The molecule has 0 saturated heterocycles. The van der Waals surface area contributed by atoms with Crippen molar-refractivity contribution in [2.45, 2.75) is 51.5 Å². The van der Waals surface area contributed by atoms with Crippen molar-refractivity contribution in [3.8, 4) is 0 Å². The number of halogens is 1. The normalized spacial score (nSPS) is 18.8. The van der Waals surface area contributed by atoms with Crippen LogP contribution >= 0.6 is 0 Å². The summed E-state index contributed by atoms with van der Waals surface area (Å²) >= 11 is 0. The Morgan fingerprint density at radius 3 is 2.67 bits per heavy atom. The van der Waals surface area contributed by atoms with Gasteiger partial charge in [-0.1, -0.05) is 38.2 Å². The smallest absolute Gasteiger partial charge is 0.123 e. The van der Waals surface area contributed by atoms with Gasteiger partial charge in [0.05, 0.1) is 0 Å². The van der Waals surface area contributed by atoms with E-state index in [1.165, 1.54) is 37.7 Å². The van der Waals surface area contributed by atoms with Crippen LogP contribution in [0.4, 0.5) is 4.39 Å². The highest BCUT2D eigenvalue weighted by Gasteiger charge is 2.20. The van der Waals surface area contributed by atoms with Crippen molar-refractivity contribution in [1.29, 1.82) is 0 Å². The molecule has 0 spiro atoms. The van der Waals surface area contributed by atoms with Gasteiger partial charge in [0.2, 0.25) is 0 Å². The molecule has 100 valence electrons. The predicted molar refractivity (Wildman–Crippen MR) is 74.1 cm³/mol. The van der Waals surface area contributed by atoms with Crippen LogP contribution in [0.25, 0.3) is 0 Å². The van der Waals surface area contributed by atoms with Gasteiger partial charge in [-0.2, -0.15) is 0 Å². The van der Waals surface area contributed by atoms with Crippen LogP contribution in [-0.2, 0) is 0 Å². The van der Waals surface area contributed by atoms with Gasteiger partial charge < -0.3 is 5.32 Å². The summed E-state index contributed by atoms with van der Waals surface area (Å²) in [6, 6.07) is 5.42. The number of nitrogens with one attached hydrogen (secondary N) is 1. The van der Waals surface area contributed by atoms with Gasteiger partial charge in [0, 0.05) is 6.04 Å². The van der Waals surface area contributed by atoms with Gasteiger partial charge in [-0.05, 0) is 49.6 Å². The first-order valence-corrected chi connectivity index (χ1v) is 7.14. The Morgan fingerprint density at radius 1 is 1.28 bits per heavy atom. The molecule has 0 radical (unpaired) electrons. The fourth-order valence-corrected chi connectivity index (χ4v) is 3.14. The van der Waals surface area contributed by atoms with Crippen LogP contribution in [0.2, 0.25) is 0 Å². The van der Waals surface area contributed by atoms with Gasteiger partial charge in [-0.25, -0.2) is 4.39 Å². The zero-order valence-corrected chi connectivity index (χ0v) is 11.5. The molecule has 0 aromatic heterocycles. The van der Waals surface area contributed by atoms with E-state index in [9.17, 15) is 4.39 Å². The summed E-state index contributed by atoms with van der Waals surface area (Å²) < 4.78 is 13.4. The van der Waals surface area contributed by atoms with Crippen LogP contribution in [0.5, 0.6) is 0 Å². The third kappa shape index (κ3) is 3.32. The van der Waals surface area contributed by atoms with Crippen molar-refractivity contribution >= 4 is 0 Å². The maximum absolute atomic E-state index is 13.4. The fourth-order valence-electron chi connectivity index (χ4n) is 3.14. The highest BCUT2D eigenvalue weighted by Crippen LogP contribution is 2.32. The molecule has 1 fully saturated rings. The molecule has 2 heteroatoms. The summed E-state index contributed by atoms with van der Waals surface area (Å²) in [6.07, 6.45) is 7.94. The Balaban J connectivity index is 2.09. The molecule has 1 atom stereocenters. The molecular formula is C16H24FN. The molecule has 0 aliphatic heterocycles. The lowest BCUT2D eigenvalue weighted by molar-refractivity contribution is 0.305. The molecule has 1 N–H and O–H groups in total. The second-order valence-electron chi connectivity index (χ2n) is 5.58. The number of rotatable bonds is 4. The summed E-state index contributed by atoms with van der Waals surface area (Å²) in [4.78, 5) is 0. The summed E-state index contributed by atoms with van der Waals surface area (Å²) in [5, 5.41) is 3.37. The molecule has 1 aliphatic rings. The lowest BCUT2D eigenvalue weighted by Gasteiger charge is -2.27. The van der Waals surface area contributed by atoms with Crippen molar-refractivity contribution in [1.82, 2.24) is 5.32 Å². The molecule has 1 aromatic carbocycles. The van der Waals surface area contributed by atoms with Gasteiger partial charge in [0.15, 0.2) is 0 Å². The van der Waals surface area contributed by atoms with Crippen molar-refractivity contribution in [3.05, 3.63) is 35.1 Å². The van der Waals surface area contributed by atoms with Crippen LogP contribution in [0.15, 0.2) is 18.2 Å². The largest absolute Gasteiger partial charge is 0.313 e. The summed E-state index contributed by atoms with van der Waals surface area (Å²) in [5.41, 5.74) is 2.31. The van der Waals surface area contributed by atoms with E-state index in [0.717, 1.165) is 17.9 Å². The zero-order chi connectivity index (χ0) is 13.0. The fraction of sp³-hybridized carbons (Fsp3) is 0.625.